The molecular formula is C15H12BrCl2NO2. The average molecular weight is 389 g/mol. The molecule has 0 fully saturated rings. The van der Waals surface area contributed by atoms with Crippen molar-refractivity contribution in [2.75, 3.05) is 5.32 Å². The summed E-state index contributed by atoms with van der Waals surface area (Å²) in [5, 5.41) is 3.63. The summed E-state index contributed by atoms with van der Waals surface area (Å²) < 4.78 is 6.51. The molecule has 6 heteroatoms. The van der Waals surface area contributed by atoms with Crippen molar-refractivity contribution in [2.24, 2.45) is 0 Å². The minimum Gasteiger partial charge on any atom is -0.481 e. The van der Waals surface area contributed by atoms with Gasteiger partial charge in [-0.3, -0.25) is 4.79 Å². The van der Waals surface area contributed by atoms with E-state index in [0.717, 1.165) is 4.47 Å². The van der Waals surface area contributed by atoms with Crippen LogP contribution in [-0.4, -0.2) is 12.0 Å². The number of halogens is 3. The molecule has 110 valence electrons. The van der Waals surface area contributed by atoms with Gasteiger partial charge in [0.15, 0.2) is 6.10 Å². The third-order valence-corrected chi connectivity index (χ3v) is 3.59. The highest BCUT2D eigenvalue weighted by Crippen LogP contribution is 2.23. The molecule has 0 aliphatic heterocycles. The predicted molar refractivity (Wildman–Crippen MR) is 89.3 cm³/mol. The molecule has 2 aromatic carbocycles. The number of hydrogen-bond donors (Lipinski definition) is 1. The SMILES string of the molecule is CC(Oc1ccc(Br)cc1)C(=O)Nc1cc(Cl)cc(Cl)c1. The Morgan fingerprint density at radius 1 is 1.14 bits per heavy atom. The smallest absolute Gasteiger partial charge is 0.265 e. The van der Waals surface area contributed by atoms with Crippen LogP contribution in [0.25, 0.3) is 0 Å². The first-order chi connectivity index (χ1) is 9.94. The van der Waals surface area contributed by atoms with Crippen LogP contribution in [0.1, 0.15) is 6.92 Å². The normalized spacial score (nSPS) is 11.8. The van der Waals surface area contributed by atoms with E-state index < -0.39 is 6.10 Å². The number of benzene rings is 2. The molecule has 0 saturated heterocycles. The van der Waals surface area contributed by atoms with Crippen LogP contribution in [0.4, 0.5) is 5.69 Å². The fourth-order valence-corrected chi connectivity index (χ4v) is 2.43. The lowest BCUT2D eigenvalue weighted by atomic mass is 10.3. The van der Waals surface area contributed by atoms with Gasteiger partial charge in [0.1, 0.15) is 5.75 Å². The molecule has 1 atom stereocenters. The molecule has 0 aliphatic carbocycles. The summed E-state index contributed by atoms with van der Waals surface area (Å²) in [4.78, 5) is 12.1. The zero-order valence-electron chi connectivity index (χ0n) is 11.1. The van der Waals surface area contributed by atoms with Gasteiger partial charge in [-0.25, -0.2) is 0 Å². The zero-order chi connectivity index (χ0) is 15.4. The fraction of sp³-hybridized carbons (Fsp3) is 0.133. The molecule has 0 saturated carbocycles. The molecule has 1 amide bonds. The van der Waals surface area contributed by atoms with Crippen LogP contribution in [0.3, 0.4) is 0 Å². The predicted octanol–water partition coefficient (Wildman–Crippen LogP) is 5.16. The van der Waals surface area contributed by atoms with E-state index in [1.807, 2.05) is 12.1 Å². The highest BCUT2D eigenvalue weighted by molar-refractivity contribution is 9.10. The Balaban J connectivity index is 2.00. The maximum atomic E-state index is 12.1. The van der Waals surface area contributed by atoms with Crippen molar-refractivity contribution >= 4 is 50.7 Å². The molecule has 21 heavy (non-hydrogen) atoms. The number of amides is 1. The van der Waals surface area contributed by atoms with E-state index in [1.54, 1.807) is 37.3 Å². The number of hydrogen-bond acceptors (Lipinski definition) is 2. The largest absolute Gasteiger partial charge is 0.481 e. The average Bonchev–Trinajstić information content (AvgIpc) is 2.40. The van der Waals surface area contributed by atoms with E-state index in [1.165, 1.54) is 0 Å². The molecule has 2 rings (SSSR count). The van der Waals surface area contributed by atoms with Crippen molar-refractivity contribution < 1.29 is 9.53 Å². The second-order valence-corrected chi connectivity index (χ2v) is 6.15. The maximum Gasteiger partial charge on any atom is 0.265 e. The van der Waals surface area contributed by atoms with E-state index in [-0.39, 0.29) is 5.91 Å². The van der Waals surface area contributed by atoms with Gasteiger partial charge in [-0.15, -0.1) is 0 Å². The topological polar surface area (TPSA) is 38.3 Å². The Morgan fingerprint density at radius 3 is 2.29 bits per heavy atom. The van der Waals surface area contributed by atoms with E-state index in [0.29, 0.717) is 21.5 Å². The summed E-state index contributed by atoms with van der Waals surface area (Å²) in [5.41, 5.74) is 0.531. The summed E-state index contributed by atoms with van der Waals surface area (Å²) in [6, 6.07) is 12.1. The van der Waals surface area contributed by atoms with Gasteiger partial charge in [0.25, 0.3) is 5.91 Å². The van der Waals surface area contributed by atoms with Gasteiger partial charge in [-0.05, 0) is 49.4 Å². The van der Waals surface area contributed by atoms with Gasteiger partial charge in [0.2, 0.25) is 0 Å². The summed E-state index contributed by atoms with van der Waals surface area (Å²) in [5.74, 6) is 0.334. The molecule has 0 bridgehead atoms. The van der Waals surface area contributed by atoms with Gasteiger partial charge in [0, 0.05) is 20.2 Å². The number of rotatable bonds is 4. The lowest BCUT2D eigenvalue weighted by Crippen LogP contribution is -2.30. The van der Waals surface area contributed by atoms with Gasteiger partial charge in [0.05, 0.1) is 0 Å². The summed E-state index contributed by atoms with van der Waals surface area (Å²) in [6.07, 6.45) is -0.649. The summed E-state index contributed by atoms with van der Waals surface area (Å²) in [6.45, 7) is 1.67. The van der Waals surface area contributed by atoms with Crippen LogP contribution < -0.4 is 10.1 Å². The number of carbonyl (C=O) groups excluding carboxylic acids is 1. The van der Waals surface area contributed by atoms with Gasteiger partial charge in [-0.2, -0.15) is 0 Å². The maximum absolute atomic E-state index is 12.1. The Labute approximate surface area is 141 Å². The third kappa shape index (κ3) is 4.92. The molecule has 3 nitrogen and oxygen atoms in total. The van der Waals surface area contributed by atoms with Crippen molar-refractivity contribution in [1.82, 2.24) is 0 Å². The van der Waals surface area contributed by atoms with Crippen molar-refractivity contribution in [3.05, 3.63) is 57.0 Å². The number of nitrogens with one attached hydrogen (secondary N) is 1. The first-order valence-corrected chi connectivity index (χ1v) is 7.68. The van der Waals surface area contributed by atoms with E-state index >= 15 is 0 Å². The van der Waals surface area contributed by atoms with Gasteiger partial charge in [-0.1, -0.05) is 39.1 Å². The minimum atomic E-state index is -0.649. The Bertz CT molecular complexity index is 626. The van der Waals surface area contributed by atoms with E-state index in [9.17, 15) is 4.79 Å². The quantitative estimate of drug-likeness (QED) is 0.785. The lowest BCUT2D eigenvalue weighted by molar-refractivity contribution is -0.122. The van der Waals surface area contributed by atoms with Crippen LogP contribution in [0.5, 0.6) is 5.75 Å². The third-order valence-electron chi connectivity index (χ3n) is 2.63. The molecule has 0 spiro atoms. The van der Waals surface area contributed by atoms with Crippen LogP contribution in [0.15, 0.2) is 46.9 Å². The van der Waals surface area contributed by atoms with E-state index in [2.05, 4.69) is 21.2 Å². The van der Waals surface area contributed by atoms with Crippen molar-refractivity contribution in [3.63, 3.8) is 0 Å². The van der Waals surface area contributed by atoms with Crippen LogP contribution in [0.2, 0.25) is 10.0 Å². The first-order valence-electron chi connectivity index (χ1n) is 6.13. The van der Waals surface area contributed by atoms with Gasteiger partial charge >= 0.3 is 0 Å². The molecule has 0 aliphatic rings. The van der Waals surface area contributed by atoms with Crippen molar-refractivity contribution in [3.8, 4) is 5.75 Å². The van der Waals surface area contributed by atoms with Crippen LogP contribution in [-0.2, 0) is 4.79 Å². The van der Waals surface area contributed by atoms with Crippen LogP contribution in [0, 0.1) is 0 Å². The van der Waals surface area contributed by atoms with Crippen molar-refractivity contribution in [1.29, 1.82) is 0 Å². The molecular weight excluding hydrogens is 377 g/mol. The highest BCUT2D eigenvalue weighted by atomic mass is 79.9. The Kier molecular flexibility index (Phi) is 5.51. The fourth-order valence-electron chi connectivity index (χ4n) is 1.64. The van der Waals surface area contributed by atoms with E-state index in [4.69, 9.17) is 27.9 Å². The Morgan fingerprint density at radius 2 is 1.71 bits per heavy atom. The van der Waals surface area contributed by atoms with Crippen molar-refractivity contribution in [2.45, 2.75) is 13.0 Å². The minimum absolute atomic E-state index is 0.281. The number of ether oxygens (including phenoxy) is 1. The standard InChI is InChI=1S/C15H12BrCl2NO2/c1-9(21-14-4-2-10(16)3-5-14)15(20)19-13-7-11(17)6-12(18)8-13/h2-9H,1H3,(H,19,20). The number of carbonyl (C=O) groups is 1. The molecule has 1 unspecified atom stereocenters. The second kappa shape index (κ2) is 7.16. The first kappa shape index (κ1) is 16.1. The molecule has 2 aromatic rings. The van der Waals surface area contributed by atoms with Crippen LogP contribution >= 0.6 is 39.1 Å². The molecule has 0 heterocycles. The second-order valence-electron chi connectivity index (χ2n) is 4.36. The summed E-state index contributed by atoms with van der Waals surface area (Å²) >= 11 is 15.1. The molecule has 0 aromatic heterocycles. The Hall–Kier alpha value is -1.23. The molecule has 1 N–H and O–H groups in total. The number of anilines is 1. The summed E-state index contributed by atoms with van der Waals surface area (Å²) in [7, 11) is 0. The molecule has 0 radical (unpaired) electrons. The lowest BCUT2D eigenvalue weighted by Gasteiger charge is -2.15. The monoisotopic (exact) mass is 387 g/mol. The highest BCUT2D eigenvalue weighted by Gasteiger charge is 2.15. The zero-order valence-corrected chi connectivity index (χ0v) is 14.2. The van der Waals surface area contributed by atoms with Gasteiger partial charge < -0.3 is 10.1 Å².